The second-order valence-electron chi connectivity index (χ2n) is 4.24. The number of aromatic carboxylic acids is 1. The van der Waals surface area contributed by atoms with Crippen LogP contribution >= 0.6 is 35.0 Å². The van der Waals surface area contributed by atoms with Crippen LogP contribution in [0.3, 0.4) is 0 Å². The molecule has 2 aromatic rings. The first-order valence-electron chi connectivity index (χ1n) is 6.15. The van der Waals surface area contributed by atoms with Crippen LogP contribution in [-0.2, 0) is 4.79 Å². The summed E-state index contributed by atoms with van der Waals surface area (Å²) < 4.78 is 0. The predicted octanol–water partition coefficient (Wildman–Crippen LogP) is 3.09. The summed E-state index contributed by atoms with van der Waals surface area (Å²) in [6, 6.07) is 11.1. The lowest BCUT2D eigenvalue weighted by Crippen LogP contribution is -2.23. The first kappa shape index (κ1) is 16.7. The summed E-state index contributed by atoms with van der Waals surface area (Å²) in [5, 5.41) is 14.4. The van der Waals surface area contributed by atoms with E-state index in [1.54, 1.807) is 30.3 Å². The van der Waals surface area contributed by atoms with E-state index in [-0.39, 0.29) is 17.2 Å². The molecule has 0 saturated heterocycles. The number of carboxylic acids is 1. The number of amides is 1. The Kier molecular flexibility index (Phi) is 5.71. The molecule has 2 rings (SSSR count). The molecule has 0 unspecified atom stereocenters. The number of hydrogen-bond donors (Lipinski definition) is 1. The van der Waals surface area contributed by atoms with Gasteiger partial charge in [0.1, 0.15) is 0 Å². The zero-order valence-corrected chi connectivity index (χ0v) is 13.5. The Labute approximate surface area is 141 Å². The van der Waals surface area contributed by atoms with Gasteiger partial charge in [-0.05, 0) is 24.3 Å². The molecule has 7 heteroatoms. The average Bonchev–Trinajstić information content (AvgIpc) is 2.48. The normalized spacial score (nSPS) is 10.3. The Morgan fingerprint density at radius 2 is 1.86 bits per heavy atom. The summed E-state index contributed by atoms with van der Waals surface area (Å²) in [4.78, 5) is 23.4. The average molecular weight is 355 g/mol. The maximum absolute atomic E-state index is 11.9. The fourth-order valence-electron chi connectivity index (χ4n) is 1.68. The van der Waals surface area contributed by atoms with E-state index in [0.717, 1.165) is 11.8 Å². The molecule has 0 aromatic heterocycles. The van der Waals surface area contributed by atoms with Crippen LogP contribution in [0.2, 0.25) is 10.0 Å². The molecule has 0 bridgehead atoms. The van der Waals surface area contributed by atoms with Crippen LogP contribution in [0.4, 0.5) is 5.69 Å². The number of nitrogens with one attached hydrogen (secondary N) is 1. The number of carboxylic acid groups (broad SMARTS) is 1. The first-order chi connectivity index (χ1) is 10.5. The molecule has 114 valence electrons. The van der Waals surface area contributed by atoms with Crippen molar-refractivity contribution in [2.45, 2.75) is 4.90 Å². The van der Waals surface area contributed by atoms with Crippen LogP contribution < -0.4 is 10.4 Å². The molecule has 0 atom stereocenters. The van der Waals surface area contributed by atoms with E-state index in [1.807, 2.05) is 0 Å². The van der Waals surface area contributed by atoms with E-state index < -0.39 is 5.97 Å². The van der Waals surface area contributed by atoms with Gasteiger partial charge in [-0.25, -0.2) is 0 Å². The Morgan fingerprint density at radius 1 is 1.14 bits per heavy atom. The van der Waals surface area contributed by atoms with Crippen molar-refractivity contribution < 1.29 is 14.7 Å². The van der Waals surface area contributed by atoms with Gasteiger partial charge >= 0.3 is 0 Å². The standard InChI is InChI=1S/C15H11Cl2NO3S/c16-9-5-6-12(11(17)7-9)18-14(19)8-22-13-4-2-1-3-10(13)15(20)21/h1-7H,8H2,(H,18,19)(H,20,21)/p-1. The molecule has 0 aliphatic rings. The maximum Gasteiger partial charge on any atom is 0.234 e. The van der Waals surface area contributed by atoms with Gasteiger partial charge in [0.05, 0.1) is 22.4 Å². The third kappa shape index (κ3) is 4.40. The minimum absolute atomic E-state index is 0.0449. The quantitative estimate of drug-likeness (QED) is 0.837. The monoisotopic (exact) mass is 354 g/mol. The summed E-state index contributed by atoms with van der Waals surface area (Å²) in [5.74, 6) is -1.53. The van der Waals surface area contributed by atoms with Crippen molar-refractivity contribution in [1.29, 1.82) is 0 Å². The molecule has 2 aromatic carbocycles. The number of benzene rings is 2. The van der Waals surface area contributed by atoms with Gasteiger partial charge in [0.25, 0.3) is 0 Å². The van der Waals surface area contributed by atoms with Gasteiger partial charge in [0.2, 0.25) is 5.91 Å². The Bertz CT molecular complexity index is 722. The van der Waals surface area contributed by atoms with Gasteiger partial charge in [-0.2, -0.15) is 0 Å². The maximum atomic E-state index is 11.9. The molecule has 0 fully saturated rings. The summed E-state index contributed by atoms with van der Waals surface area (Å²) in [7, 11) is 0. The molecule has 0 spiro atoms. The van der Waals surface area contributed by atoms with Crippen molar-refractivity contribution in [1.82, 2.24) is 0 Å². The SMILES string of the molecule is O=C(CSc1ccccc1C(=O)[O-])Nc1ccc(Cl)cc1Cl. The molecule has 0 saturated carbocycles. The van der Waals surface area contributed by atoms with Gasteiger partial charge in [0, 0.05) is 15.5 Å². The molecule has 0 aliphatic heterocycles. The fourth-order valence-corrected chi connectivity index (χ4v) is 2.98. The highest BCUT2D eigenvalue weighted by Gasteiger charge is 2.09. The molecule has 1 amide bonds. The summed E-state index contributed by atoms with van der Waals surface area (Å²) >= 11 is 12.9. The van der Waals surface area contributed by atoms with E-state index in [2.05, 4.69) is 5.32 Å². The highest BCUT2D eigenvalue weighted by molar-refractivity contribution is 8.00. The van der Waals surface area contributed by atoms with Gasteiger partial charge < -0.3 is 15.2 Å². The zero-order valence-electron chi connectivity index (χ0n) is 11.1. The number of thioether (sulfide) groups is 1. The van der Waals surface area contributed by atoms with Crippen molar-refractivity contribution in [3.8, 4) is 0 Å². The minimum Gasteiger partial charge on any atom is -0.545 e. The van der Waals surface area contributed by atoms with Crippen LogP contribution in [0.5, 0.6) is 0 Å². The van der Waals surface area contributed by atoms with E-state index in [4.69, 9.17) is 23.2 Å². The Hall–Kier alpha value is -1.69. The van der Waals surface area contributed by atoms with E-state index in [0.29, 0.717) is 20.6 Å². The predicted molar refractivity (Wildman–Crippen MR) is 86.6 cm³/mol. The Morgan fingerprint density at radius 3 is 2.55 bits per heavy atom. The third-order valence-electron chi connectivity index (χ3n) is 2.67. The van der Waals surface area contributed by atoms with Gasteiger partial charge in [-0.3, -0.25) is 4.79 Å². The number of anilines is 1. The zero-order chi connectivity index (χ0) is 16.1. The van der Waals surface area contributed by atoms with Crippen molar-refractivity contribution in [2.75, 3.05) is 11.1 Å². The first-order valence-corrected chi connectivity index (χ1v) is 7.89. The van der Waals surface area contributed by atoms with E-state index in [9.17, 15) is 14.7 Å². The summed E-state index contributed by atoms with van der Waals surface area (Å²) in [6.45, 7) is 0. The van der Waals surface area contributed by atoms with Crippen molar-refractivity contribution in [3.05, 3.63) is 58.1 Å². The van der Waals surface area contributed by atoms with Gasteiger partial charge in [-0.1, -0.05) is 41.4 Å². The summed E-state index contributed by atoms with van der Waals surface area (Å²) in [6.07, 6.45) is 0. The number of carbonyl (C=O) groups excluding carboxylic acids is 2. The fraction of sp³-hybridized carbons (Fsp3) is 0.0667. The van der Waals surface area contributed by atoms with Gasteiger partial charge in [-0.15, -0.1) is 11.8 Å². The van der Waals surface area contributed by atoms with Crippen LogP contribution in [0.15, 0.2) is 47.4 Å². The van der Waals surface area contributed by atoms with Crippen molar-refractivity contribution in [3.63, 3.8) is 0 Å². The lowest BCUT2D eigenvalue weighted by molar-refractivity contribution is -0.255. The second-order valence-corrected chi connectivity index (χ2v) is 6.11. The molecular weight excluding hydrogens is 345 g/mol. The smallest absolute Gasteiger partial charge is 0.234 e. The minimum atomic E-state index is -1.27. The van der Waals surface area contributed by atoms with Crippen LogP contribution in [-0.4, -0.2) is 17.6 Å². The molecular formula is C15H10Cl2NO3S-. The number of hydrogen-bond acceptors (Lipinski definition) is 4. The lowest BCUT2D eigenvalue weighted by Gasteiger charge is -2.10. The van der Waals surface area contributed by atoms with Crippen molar-refractivity contribution in [2.24, 2.45) is 0 Å². The highest BCUT2D eigenvalue weighted by Crippen LogP contribution is 2.26. The van der Waals surface area contributed by atoms with Crippen LogP contribution in [0.1, 0.15) is 10.4 Å². The largest absolute Gasteiger partial charge is 0.545 e. The van der Waals surface area contributed by atoms with Crippen LogP contribution in [0.25, 0.3) is 0 Å². The van der Waals surface area contributed by atoms with E-state index >= 15 is 0 Å². The molecule has 1 N–H and O–H groups in total. The molecule has 22 heavy (non-hydrogen) atoms. The number of carbonyl (C=O) groups is 2. The second kappa shape index (κ2) is 7.54. The summed E-state index contributed by atoms with van der Waals surface area (Å²) in [5.41, 5.74) is 0.509. The molecule has 0 radical (unpaired) electrons. The highest BCUT2D eigenvalue weighted by atomic mass is 35.5. The topological polar surface area (TPSA) is 69.2 Å². The van der Waals surface area contributed by atoms with Crippen molar-refractivity contribution >= 4 is 52.5 Å². The molecule has 0 aliphatic carbocycles. The van der Waals surface area contributed by atoms with E-state index in [1.165, 1.54) is 12.1 Å². The number of halogens is 2. The molecule has 4 nitrogen and oxygen atoms in total. The number of rotatable bonds is 5. The lowest BCUT2D eigenvalue weighted by atomic mass is 10.2. The van der Waals surface area contributed by atoms with Crippen LogP contribution in [0, 0.1) is 0 Å². The Balaban J connectivity index is 2.00. The third-order valence-corrected chi connectivity index (χ3v) is 4.29. The van der Waals surface area contributed by atoms with Gasteiger partial charge in [0.15, 0.2) is 0 Å². The molecule has 0 heterocycles.